The Morgan fingerprint density at radius 1 is 1.58 bits per heavy atom. The van der Waals surface area contributed by atoms with Crippen molar-refractivity contribution in [2.24, 2.45) is 16.9 Å². The molecule has 0 aliphatic heterocycles. The summed E-state index contributed by atoms with van der Waals surface area (Å²) in [7, 11) is 0. The third-order valence-electron chi connectivity index (χ3n) is 2.22. The zero-order valence-electron chi connectivity index (χ0n) is 7.58. The van der Waals surface area contributed by atoms with Crippen LogP contribution in [0.25, 0.3) is 0 Å². The highest BCUT2D eigenvalue weighted by Crippen LogP contribution is 2.32. The van der Waals surface area contributed by atoms with E-state index in [9.17, 15) is 0 Å². The highest BCUT2D eigenvalue weighted by Gasteiger charge is 2.26. The molecule has 0 radical (unpaired) electrons. The van der Waals surface area contributed by atoms with Crippen molar-refractivity contribution in [1.82, 2.24) is 0 Å². The molecule has 68 valence electrons. The molecule has 0 aliphatic carbocycles. The molecule has 0 saturated heterocycles. The highest BCUT2D eigenvalue weighted by molar-refractivity contribution is 7.10. The third kappa shape index (κ3) is 1.86. The maximum Gasteiger partial charge on any atom is 0.0453 e. The zero-order chi connectivity index (χ0) is 9.19. The first-order chi connectivity index (χ1) is 5.58. The summed E-state index contributed by atoms with van der Waals surface area (Å²) in [6, 6.07) is 4.14. The van der Waals surface area contributed by atoms with Crippen LogP contribution in [0.5, 0.6) is 0 Å². The van der Waals surface area contributed by atoms with E-state index in [2.05, 4.69) is 19.9 Å². The summed E-state index contributed by atoms with van der Waals surface area (Å²) in [5, 5.41) is 2.04. The van der Waals surface area contributed by atoms with E-state index in [0.717, 1.165) is 0 Å². The number of nitrogens with two attached hydrogens (primary N) is 2. The Bertz CT molecular complexity index is 229. The average molecular weight is 184 g/mol. The minimum atomic E-state index is -0.00907. The van der Waals surface area contributed by atoms with Crippen LogP contribution in [-0.2, 0) is 0 Å². The lowest BCUT2D eigenvalue weighted by Crippen LogP contribution is -2.35. The molecule has 1 heterocycles. The highest BCUT2D eigenvalue weighted by atomic mass is 32.1. The van der Waals surface area contributed by atoms with Crippen molar-refractivity contribution in [3.63, 3.8) is 0 Å². The molecule has 12 heavy (non-hydrogen) atoms. The molecule has 4 N–H and O–H groups in total. The number of thiophene rings is 1. The second-order valence-corrected chi connectivity index (χ2v) is 4.67. The fraction of sp³-hybridized carbons (Fsp3) is 0.556. The summed E-state index contributed by atoms with van der Waals surface area (Å²) >= 11 is 1.69. The molecular formula is C9H16N2S. The lowest BCUT2D eigenvalue weighted by atomic mass is 9.84. The molecule has 1 aromatic rings. The Balaban J connectivity index is 2.78. The van der Waals surface area contributed by atoms with Crippen LogP contribution in [0.1, 0.15) is 24.8 Å². The molecule has 0 saturated carbocycles. The van der Waals surface area contributed by atoms with Crippen molar-refractivity contribution in [2.75, 3.05) is 6.54 Å². The summed E-state index contributed by atoms with van der Waals surface area (Å²) in [6.07, 6.45) is 0. The van der Waals surface area contributed by atoms with Gasteiger partial charge in [0.1, 0.15) is 0 Å². The summed E-state index contributed by atoms with van der Waals surface area (Å²) < 4.78 is 0. The maximum absolute atomic E-state index is 6.06. The van der Waals surface area contributed by atoms with Gasteiger partial charge >= 0.3 is 0 Å². The van der Waals surface area contributed by atoms with Crippen LogP contribution in [0, 0.1) is 5.41 Å². The van der Waals surface area contributed by atoms with Crippen molar-refractivity contribution < 1.29 is 0 Å². The average Bonchev–Trinajstić information content (AvgIpc) is 2.55. The van der Waals surface area contributed by atoms with Gasteiger partial charge in [-0.05, 0) is 23.4 Å². The van der Waals surface area contributed by atoms with Gasteiger partial charge in [-0.2, -0.15) is 0 Å². The molecule has 3 heteroatoms. The van der Waals surface area contributed by atoms with Crippen LogP contribution >= 0.6 is 11.3 Å². The van der Waals surface area contributed by atoms with Crippen LogP contribution in [0.3, 0.4) is 0 Å². The molecule has 1 unspecified atom stereocenters. The largest absolute Gasteiger partial charge is 0.330 e. The Labute approximate surface area is 77.6 Å². The third-order valence-corrected chi connectivity index (χ3v) is 3.17. The van der Waals surface area contributed by atoms with E-state index >= 15 is 0 Å². The van der Waals surface area contributed by atoms with Crippen LogP contribution in [0.4, 0.5) is 0 Å². The smallest absolute Gasteiger partial charge is 0.0453 e. The van der Waals surface area contributed by atoms with Gasteiger partial charge in [-0.1, -0.05) is 19.9 Å². The Kier molecular flexibility index (Phi) is 2.88. The van der Waals surface area contributed by atoms with Crippen molar-refractivity contribution >= 4 is 11.3 Å². The van der Waals surface area contributed by atoms with E-state index in [4.69, 9.17) is 11.5 Å². The van der Waals surface area contributed by atoms with Gasteiger partial charge in [0.05, 0.1) is 0 Å². The van der Waals surface area contributed by atoms with Gasteiger partial charge in [0, 0.05) is 10.9 Å². The molecule has 1 aromatic heterocycles. The van der Waals surface area contributed by atoms with Crippen LogP contribution in [-0.4, -0.2) is 6.54 Å². The summed E-state index contributed by atoms with van der Waals surface area (Å²) in [6.45, 7) is 4.81. The molecule has 1 atom stereocenters. The van der Waals surface area contributed by atoms with Crippen molar-refractivity contribution in [2.45, 2.75) is 19.9 Å². The van der Waals surface area contributed by atoms with E-state index in [-0.39, 0.29) is 11.5 Å². The Morgan fingerprint density at radius 3 is 2.67 bits per heavy atom. The topological polar surface area (TPSA) is 52.0 Å². The van der Waals surface area contributed by atoms with E-state index < -0.39 is 0 Å². The van der Waals surface area contributed by atoms with Gasteiger partial charge in [0.2, 0.25) is 0 Å². The fourth-order valence-electron chi connectivity index (χ4n) is 0.980. The monoisotopic (exact) mass is 184 g/mol. The number of rotatable bonds is 3. The predicted octanol–water partition coefficient (Wildman–Crippen LogP) is 1.73. The molecule has 0 aromatic carbocycles. The fourth-order valence-corrected chi connectivity index (χ4v) is 1.92. The van der Waals surface area contributed by atoms with Gasteiger partial charge in [-0.3, -0.25) is 0 Å². The lowest BCUT2D eigenvalue weighted by Gasteiger charge is -2.29. The van der Waals surface area contributed by atoms with E-state index in [0.29, 0.717) is 6.54 Å². The quantitative estimate of drug-likeness (QED) is 0.751. The van der Waals surface area contributed by atoms with Crippen molar-refractivity contribution in [3.05, 3.63) is 22.4 Å². The van der Waals surface area contributed by atoms with Gasteiger partial charge in [0.25, 0.3) is 0 Å². The standard InChI is InChI=1S/C9H16N2S/c1-9(2,6-10)8(11)7-4-3-5-12-7/h3-5,8H,6,10-11H2,1-2H3. The van der Waals surface area contributed by atoms with Gasteiger partial charge in [-0.15, -0.1) is 11.3 Å². The molecule has 0 amide bonds. The van der Waals surface area contributed by atoms with E-state index in [1.807, 2.05) is 11.4 Å². The molecule has 0 bridgehead atoms. The lowest BCUT2D eigenvalue weighted by molar-refractivity contribution is 0.305. The predicted molar refractivity (Wildman–Crippen MR) is 54.1 cm³/mol. The molecule has 2 nitrogen and oxygen atoms in total. The van der Waals surface area contributed by atoms with Crippen molar-refractivity contribution in [3.8, 4) is 0 Å². The van der Waals surface area contributed by atoms with E-state index in [1.54, 1.807) is 11.3 Å². The Hall–Kier alpha value is -0.380. The second kappa shape index (κ2) is 3.56. The summed E-state index contributed by atoms with van der Waals surface area (Å²) in [5.41, 5.74) is 11.7. The first kappa shape index (κ1) is 9.71. The molecule has 0 aliphatic rings. The number of hydrogen-bond acceptors (Lipinski definition) is 3. The summed E-state index contributed by atoms with van der Waals surface area (Å²) in [5.74, 6) is 0. The molecule has 0 fully saturated rings. The normalized spacial score (nSPS) is 14.7. The van der Waals surface area contributed by atoms with Crippen LogP contribution < -0.4 is 11.5 Å². The minimum absolute atomic E-state index is 0.00907. The SMILES string of the molecule is CC(C)(CN)C(N)c1cccs1. The maximum atomic E-state index is 6.06. The Morgan fingerprint density at radius 2 is 2.25 bits per heavy atom. The van der Waals surface area contributed by atoms with Gasteiger partial charge < -0.3 is 11.5 Å². The van der Waals surface area contributed by atoms with Crippen molar-refractivity contribution in [1.29, 1.82) is 0 Å². The summed E-state index contributed by atoms with van der Waals surface area (Å²) in [4.78, 5) is 1.21. The molecule has 1 rings (SSSR count). The molecular weight excluding hydrogens is 168 g/mol. The van der Waals surface area contributed by atoms with Gasteiger partial charge in [0.15, 0.2) is 0 Å². The minimum Gasteiger partial charge on any atom is -0.330 e. The first-order valence-corrected chi connectivity index (χ1v) is 4.95. The van der Waals surface area contributed by atoms with E-state index in [1.165, 1.54) is 4.88 Å². The molecule has 0 spiro atoms. The van der Waals surface area contributed by atoms with Gasteiger partial charge in [-0.25, -0.2) is 0 Å². The zero-order valence-corrected chi connectivity index (χ0v) is 8.40. The second-order valence-electron chi connectivity index (χ2n) is 3.69. The number of hydrogen-bond donors (Lipinski definition) is 2. The first-order valence-electron chi connectivity index (χ1n) is 4.07. The van der Waals surface area contributed by atoms with Crippen LogP contribution in [0.15, 0.2) is 17.5 Å². The van der Waals surface area contributed by atoms with Crippen LogP contribution in [0.2, 0.25) is 0 Å².